The summed E-state index contributed by atoms with van der Waals surface area (Å²) >= 11 is 1.76. The molecule has 4 nitrogen and oxygen atoms in total. The second-order valence-electron chi connectivity index (χ2n) is 5.53. The summed E-state index contributed by atoms with van der Waals surface area (Å²) in [5.74, 6) is 0.844. The molecule has 25 heavy (non-hydrogen) atoms. The summed E-state index contributed by atoms with van der Waals surface area (Å²) < 4.78 is 0. The summed E-state index contributed by atoms with van der Waals surface area (Å²) in [6.45, 7) is 8.11. The maximum absolute atomic E-state index is 4.34. The molecule has 1 atom stereocenters. The standard InChI is InChI=1S/C19H28N4S.HI/c1-4-23(5-2)18(16-10-7-6-8-11-16)15-22-19(20-3)21-14-17-12-9-13-24-17;/h6-13,18H,4-5,14-15H2,1-3H3,(H2,20,21,22);1H. The van der Waals surface area contributed by atoms with Crippen molar-refractivity contribution in [3.63, 3.8) is 0 Å². The minimum atomic E-state index is 0. The van der Waals surface area contributed by atoms with Gasteiger partial charge in [-0.25, -0.2) is 0 Å². The van der Waals surface area contributed by atoms with Crippen LogP contribution in [0.1, 0.15) is 30.3 Å². The normalized spacial score (nSPS) is 12.6. The monoisotopic (exact) mass is 472 g/mol. The summed E-state index contributed by atoms with van der Waals surface area (Å²) in [7, 11) is 1.82. The third-order valence-corrected chi connectivity index (χ3v) is 5.01. The average molecular weight is 472 g/mol. The number of guanidine groups is 1. The Balaban J connectivity index is 0.00000312. The molecule has 1 aromatic heterocycles. The molecular formula is C19H29IN4S. The van der Waals surface area contributed by atoms with Crippen LogP contribution in [0, 0.1) is 0 Å². The first-order valence-electron chi connectivity index (χ1n) is 8.54. The fourth-order valence-electron chi connectivity index (χ4n) is 2.80. The number of rotatable bonds is 8. The topological polar surface area (TPSA) is 39.7 Å². The van der Waals surface area contributed by atoms with Crippen LogP contribution in [0.15, 0.2) is 52.8 Å². The van der Waals surface area contributed by atoms with E-state index in [2.05, 4.69) is 82.2 Å². The summed E-state index contributed by atoms with van der Waals surface area (Å²) in [4.78, 5) is 8.12. The predicted molar refractivity (Wildman–Crippen MR) is 120 cm³/mol. The first-order chi connectivity index (χ1) is 11.8. The Labute approximate surface area is 172 Å². The Kier molecular flexibility index (Phi) is 10.8. The number of nitrogens with zero attached hydrogens (tertiary/aromatic N) is 2. The Bertz CT molecular complexity index is 597. The van der Waals surface area contributed by atoms with Gasteiger partial charge in [-0.2, -0.15) is 0 Å². The van der Waals surface area contributed by atoms with Gasteiger partial charge in [0.2, 0.25) is 0 Å². The van der Waals surface area contributed by atoms with Crippen LogP contribution in [0.3, 0.4) is 0 Å². The molecule has 0 saturated heterocycles. The Morgan fingerprint density at radius 1 is 1.08 bits per heavy atom. The maximum Gasteiger partial charge on any atom is 0.191 e. The molecule has 0 bridgehead atoms. The average Bonchev–Trinajstić information content (AvgIpc) is 3.15. The molecule has 1 unspecified atom stereocenters. The zero-order chi connectivity index (χ0) is 17.2. The molecule has 0 fully saturated rings. The molecule has 1 aromatic carbocycles. The molecule has 2 aromatic rings. The SMILES string of the molecule is CCN(CC)C(CNC(=NC)NCc1cccs1)c1ccccc1.I. The number of nitrogens with one attached hydrogen (secondary N) is 2. The number of thiophene rings is 1. The van der Waals surface area contributed by atoms with Crippen LogP contribution in [-0.2, 0) is 6.54 Å². The van der Waals surface area contributed by atoms with Gasteiger partial charge in [0.25, 0.3) is 0 Å². The van der Waals surface area contributed by atoms with Gasteiger partial charge >= 0.3 is 0 Å². The number of hydrogen-bond donors (Lipinski definition) is 2. The van der Waals surface area contributed by atoms with Crippen LogP contribution in [0.2, 0.25) is 0 Å². The van der Waals surface area contributed by atoms with E-state index in [1.165, 1.54) is 10.4 Å². The quantitative estimate of drug-likeness (QED) is 0.345. The van der Waals surface area contributed by atoms with Crippen molar-refractivity contribution in [3.05, 3.63) is 58.3 Å². The lowest BCUT2D eigenvalue weighted by atomic mass is 10.1. The van der Waals surface area contributed by atoms with E-state index in [-0.39, 0.29) is 24.0 Å². The third-order valence-electron chi connectivity index (χ3n) is 4.13. The molecule has 2 rings (SSSR count). The smallest absolute Gasteiger partial charge is 0.191 e. The Morgan fingerprint density at radius 3 is 2.36 bits per heavy atom. The molecule has 0 saturated carbocycles. The van der Waals surface area contributed by atoms with Gasteiger partial charge in [0, 0.05) is 18.5 Å². The first kappa shape index (κ1) is 21.9. The second-order valence-corrected chi connectivity index (χ2v) is 6.57. The van der Waals surface area contributed by atoms with Crippen molar-refractivity contribution < 1.29 is 0 Å². The van der Waals surface area contributed by atoms with Crippen LogP contribution in [0.25, 0.3) is 0 Å². The predicted octanol–water partition coefficient (Wildman–Crippen LogP) is 4.11. The molecule has 0 radical (unpaired) electrons. The molecule has 138 valence electrons. The molecule has 0 aliphatic heterocycles. The van der Waals surface area contributed by atoms with Crippen LogP contribution in [-0.4, -0.2) is 37.5 Å². The van der Waals surface area contributed by atoms with E-state index < -0.39 is 0 Å². The van der Waals surface area contributed by atoms with E-state index in [1.807, 2.05) is 7.05 Å². The zero-order valence-corrected chi connectivity index (χ0v) is 18.4. The maximum atomic E-state index is 4.34. The zero-order valence-electron chi connectivity index (χ0n) is 15.2. The minimum Gasteiger partial charge on any atom is -0.354 e. The van der Waals surface area contributed by atoms with Gasteiger partial charge in [0.1, 0.15) is 0 Å². The van der Waals surface area contributed by atoms with Crippen LogP contribution < -0.4 is 10.6 Å². The number of halogens is 1. The highest BCUT2D eigenvalue weighted by Crippen LogP contribution is 2.19. The molecule has 6 heteroatoms. The van der Waals surface area contributed by atoms with Gasteiger partial charge in [-0.15, -0.1) is 35.3 Å². The fraction of sp³-hybridized carbons (Fsp3) is 0.421. The lowest BCUT2D eigenvalue weighted by Crippen LogP contribution is -2.42. The molecule has 0 spiro atoms. The second kappa shape index (κ2) is 12.3. The number of benzene rings is 1. The van der Waals surface area contributed by atoms with Crippen molar-refractivity contribution in [2.75, 3.05) is 26.7 Å². The summed E-state index contributed by atoms with van der Waals surface area (Å²) in [5.41, 5.74) is 1.34. The number of likely N-dealkylation sites (N-methyl/N-ethyl adjacent to an activating group) is 1. The fourth-order valence-corrected chi connectivity index (χ4v) is 3.44. The lowest BCUT2D eigenvalue weighted by molar-refractivity contribution is 0.219. The number of aliphatic imine (C=N–C) groups is 1. The molecule has 1 heterocycles. The van der Waals surface area contributed by atoms with Gasteiger partial charge in [-0.3, -0.25) is 9.89 Å². The van der Waals surface area contributed by atoms with E-state index in [9.17, 15) is 0 Å². The van der Waals surface area contributed by atoms with Crippen molar-refractivity contribution in [3.8, 4) is 0 Å². The van der Waals surface area contributed by atoms with E-state index in [0.29, 0.717) is 6.04 Å². The molecule has 0 amide bonds. The highest BCUT2D eigenvalue weighted by Gasteiger charge is 2.18. The van der Waals surface area contributed by atoms with Gasteiger partial charge in [0.15, 0.2) is 5.96 Å². The van der Waals surface area contributed by atoms with Crippen molar-refractivity contribution >= 4 is 41.3 Å². The van der Waals surface area contributed by atoms with E-state index >= 15 is 0 Å². The Morgan fingerprint density at radius 2 is 1.80 bits per heavy atom. The minimum absolute atomic E-state index is 0. The summed E-state index contributed by atoms with van der Waals surface area (Å²) in [5, 5.41) is 8.96. The summed E-state index contributed by atoms with van der Waals surface area (Å²) in [6, 6.07) is 15.2. The molecular weight excluding hydrogens is 443 g/mol. The van der Waals surface area contributed by atoms with Gasteiger partial charge in [-0.05, 0) is 30.1 Å². The van der Waals surface area contributed by atoms with Crippen LogP contribution >= 0.6 is 35.3 Å². The largest absolute Gasteiger partial charge is 0.354 e. The molecule has 0 aliphatic rings. The highest BCUT2D eigenvalue weighted by atomic mass is 127. The van der Waals surface area contributed by atoms with Gasteiger partial charge in [0.05, 0.1) is 12.6 Å². The van der Waals surface area contributed by atoms with Gasteiger partial charge in [-0.1, -0.05) is 50.2 Å². The van der Waals surface area contributed by atoms with Gasteiger partial charge < -0.3 is 10.6 Å². The van der Waals surface area contributed by atoms with Crippen molar-refractivity contribution in [2.24, 2.45) is 4.99 Å². The molecule has 0 aliphatic carbocycles. The molecule has 2 N–H and O–H groups in total. The van der Waals surface area contributed by atoms with E-state index in [0.717, 1.165) is 32.1 Å². The summed E-state index contributed by atoms with van der Waals surface area (Å²) in [6.07, 6.45) is 0. The van der Waals surface area contributed by atoms with E-state index in [1.54, 1.807) is 11.3 Å². The van der Waals surface area contributed by atoms with Crippen molar-refractivity contribution in [1.29, 1.82) is 0 Å². The van der Waals surface area contributed by atoms with Crippen molar-refractivity contribution in [2.45, 2.75) is 26.4 Å². The van der Waals surface area contributed by atoms with Crippen molar-refractivity contribution in [1.82, 2.24) is 15.5 Å². The van der Waals surface area contributed by atoms with Crippen LogP contribution in [0.4, 0.5) is 0 Å². The Hall–Kier alpha value is -1.12. The third kappa shape index (κ3) is 6.95. The first-order valence-corrected chi connectivity index (χ1v) is 9.42. The number of hydrogen-bond acceptors (Lipinski definition) is 3. The highest BCUT2D eigenvalue weighted by molar-refractivity contribution is 14.0. The van der Waals surface area contributed by atoms with E-state index in [4.69, 9.17) is 0 Å². The lowest BCUT2D eigenvalue weighted by Gasteiger charge is -2.30. The van der Waals surface area contributed by atoms with Crippen LogP contribution in [0.5, 0.6) is 0 Å².